The molecule has 12 nitrogen and oxygen atoms in total. The van der Waals surface area contributed by atoms with Crippen molar-refractivity contribution in [2.45, 2.75) is 30.7 Å². The molecule has 2 amide bonds. The van der Waals surface area contributed by atoms with Gasteiger partial charge in [-0.15, -0.1) is 0 Å². The van der Waals surface area contributed by atoms with Crippen LogP contribution in [0.15, 0.2) is 47.3 Å². The number of aliphatic hydroxyl groups is 5. The van der Waals surface area contributed by atoms with Crippen LogP contribution in [0.2, 0.25) is 5.02 Å². The lowest BCUT2D eigenvalue weighted by molar-refractivity contribution is -0.480. The van der Waals surface area contributed by atoms with E-state index >= 15 is 0 Å². The first-order valence-corrected chi connectivity index (χ1v) is 12.7. The topological polar surface area (TPSA) is 186 Å². The molecule has 0 spiro atoms. The summed E-state index contributed by atoms with van der Waals surface area (Å²) in [5, 5.41) is 53.3. The quantitative estimate of drug-likeness (QED) is 0.120. The highest BCUT2D eigenvalue weighted by Gasteiger charge is 2.52. The molecule has 1 aliphatic heterocycles. The van der Waals surface area contributed by atoms with Gasteiger partial charge < -0.3 is 36.2 Å². The summed E-state index contributed by atoms with van der Waals surface area (Å²) in [5.74, 6) is -14.5. The van der Waals surface area contributed by atoms with Gasteiger partial charge in [-0.1, -0.05) is 11.6 Å². The van der Waals surface area contributed by atoms with Crippen molar-refractivity contribution >= 4 is 40.1 Å². The standard InChI is InChI=1S/C26H16ClF7N4O8/c27-13-2-1-10(28)6-12(13)18-16-14(35-20(39)8-3-9(24(32,33)34)5-11(29)4-8)7-15-19(17(16)21(40)36-18)37(22(30)31)23(41)38(15)25(42,43)26(44,45)46/h1-7,18,22,42-46H,(H,35,39)(H,36,40). The molecular weight excluding hydrogens is 665 g/mol. The first-order valence-electron chi connectivity index (χ1n) is 12.3. The van der Waals surface area contributed by atoms with Crippen molar-refractivity contribution in [1.29, 1.82) is 0 Å². The molecule has 7 N–H and O–H groups in total. The number of imidazole rings is 1. The van der Waals surface area contributed by atoms with Gasteiger partial charge in [0.25, 0.3) is 11.8 Å². The average molecular weight is 681 g/mol. The number of rotatable bonds is 6. The second-order valence-electron chi connectivity index (χ2n) is 9.87. The molecule has 0 radical (unpaired) electrons. The Morgan fingerprint density at radius 1 is 0.957 bits per heavy atom. The van der Waals surface area contributed by atoms with Crippen LogP contribution in [0, 0.1) is 11.6 Å². The largest absolute Gasteiger partial charge is 0.416 e. The van der Waals surface area contributed by atoms with E-state index in [1.807, 2.05) is 5.32 Å². The lowest BCUT2D eigenvalue weighted by Gasteiger charge is -2.30. The third-order valence-corrected chi connectivity index (χ3v) is 7.30. The second-order valence-corrected chi connectivity index (χ2v) is 10.3. The Balaban J connectivity index is 1.87. The number of nitrogens with one attached hydrogen (secondary N) is 2. The van der Waals surface area contributed by atoms with Gasteiger partial charge >= 0.3 is 30.3 Å². The fraction of sp³-hybridized carbons (Fsp3) is 0.192. The van der Waals surface area contributed by atoms with Gasteiger partial charge in [0.1, 0.15) is 11.6 Å². The Bertz CT molecular complexity index is 2000. The molecule has 5 rings (SSSR count). The van der Waals surface area contributed by atoms with Gasteiger partial charge in [0.2, 0.25) is 0 Å². The summed E-state index contributed by atoms with van der Waals surface area (Å²) >= 11 is 6.18. The van der Waals surface area contributed by atoms with E-state index in [1.165, 1.54) is 0 Å². The Hall–Kier alpha value is -4.53. The first kappa shape index (κ1) is 32.9. The van der Waals surface area contributed by atoms with Crippen LogP contribution in [0.1, 0.15) is 50.0 Å². The molecule has 1 aromatic heterocycles. The SMILES string of the molecule is O=C(Nc1cc2c(c3c1C(c1cc(F)ccc1Cl)NC3=O)n(C(F)F)c(=O)n2C(O)(O)C(O)(O)O)c1cc(F)cc(C(F)(F)F)c1. The van der Waals surface area contributed by atoms with E-state index in [0.29, 0.717) is 12.1 Å². The fourth-order valence-electron chi connectivity index (χ4n) is 4.98. The van der Waals surface area contributed by atoms with Crippen molar-refractivity contribution in [3.63, 3.8) is 0 Å². The van der Waals surface area contributed by atoms with Crippen molar-refractivity contribution in [1.82, 2.24) is 14.5 Å². The monoisotopic (exact) mass is 680 g/mol. The number of hydrogen-bond acceptors (Lipinski definition) is 8. The number of hydrogen-bond donors (Lipinski definition) is 7. The molecule has 0 bridgehead atoms. The molecule has 2 heterocycles. The van der Waals surface area contributed by atoms with Crippen molar-refractivity contribution in [3.05, 3.63) is 97.4 Å². The van der Waals surface area contributed by atoms with Gasteiger partial charge in [-0.3, -0.25) is 9.59 Å². The zero-order chi connectivity index (χ0) is 34.3. The van der Waals surface area contributed by atoms with E-state index in [4.69, 9.17) is 11.6 Å². The van der Waals surface area contributed by atoms with E-state index < -0.39 is 108 Å². The Labute approximate surface area is 254 Å². The number of benzene rings is 3. The summed E-state index contributed by atoms with van der Waals surface area (Å²) < 4.78 is 95.8. The second kappa shape index (κ2) is 10.8. The minimum atomic E-state index is -5.13. The molecule has 0 saturated carbocycles. The Kier molecular flexibility index (Phi) is 7.70. The molecule has 1 atom stereocenters. The molecule has 1 aliphatic rings. The Morgan fingerprint density at radius 3 is 2.20 bits per heavy atom. The number of carbonyl (C=O) groups excluding carboxylic acids is 2. The number of alkyl halides is 5. The number of aromatic nitrogens is 2. The summed E-state index contributed by atoms with van der Waals surface area (Å²) in [6.07, 6.45) is -5.13. The maximum atomic E-state index is 14.3. The Morgan fingerprint density at radius 2 is 1.61 bits per heavy atom. The molecule has 244 valence electrons. The highest BCUT2D eigenvalue weighted by molar-refractivity contribution is 6.31. The summed E-state index contributed by atoms with van der Waals surface area (Å²) in [6.45, 7) is -3.90. The molecular formula is C26H16ClF7N4O8. The number of carbonyl (C=O) groups is 2. The van der Waals surface area contributed by atoms with Crippen LogP contribution in [0.4, 0.5) is 36.4 Å². The summed E-state index contributed by atoms with van der Waals surface area (Å²) in [6, 6.07) is 2.23. The minimum absolute atomic E-state index is 0.0733. The van der Waals surface area contributed by atoms with Crippen LogP contribution in [0.25, 0.3) is 11.0 Å². The zero-order valence-electron chi connectivity index (χ0n) is 22.1. The normalized spacial score (nSPS) is 15.4. The van der Waals surface area contributed by atoms with Crippen LogP contribution in [-0.4, -0.2) is 52.5 Å². The van der Waals surface area contributed by atoms with Crippen molar-refractivity contribution in [2.75, 3.05) is 5.32 Å². The van der Waals surface area contributed by atoms with Crippen LogP contribution in [0.5, 0.6) is 0 Å². The highest BCUT2D eigenvalue weighted by atomic mass is 35.5. The number of anilines is 1. The first-order chi connectivity index (χ1) is 21.1. The average Bonchev–Trinajstić information content (AvgIpc) is 3.42. The minimum Gasteiger partial charge on any atom is -0.342 e. The summed E-state index contributed by atoms with van der Waals surface area (Å²) in [5.41, 5.74) is -9.63. The third-order valence-electron chi connectivity index (χ3n) is 6.95. The van der Waals surface area contributed by atoms with Gasteiger partial charge in [-0.25, -0.2) is 22.7 Å². The highest BCUT2D eigenvalue weighted by Crippen LogP contribution is 2.44. The lowest BCUT2D eigenvalue weighted by atomic mass is 9.95. The number of nitrogens with zero attached hydrogens (tertiary/aromatic N) is 2. The van der Waals surface area contributed by atoms with Crippen LogP contribution < -0.4 is 16.3 Å². The van der Waals surface area contributed by atoms with Gasteiger partial charge in [0, 0.05) is 27.4 Å². The van der Waals surface area contributed by atoms with Gasteiger partial charge in [-0.2, -0.15) is 22.0 Å². The molecule has 4 aromatic rings. The number of amides is 2. The molecule has 1 unspecified atom stereocenters. The van der Waals surface area contributed by atoms with Crippen molar-refractivity contribution < 1.29 is 65.9 Å². The van der Waals surface area contributed by atoms with Gasteiger partial charge in [-0.05, 0) is 42.5 Å². The van der Waals surface area contributed by atoms with Crippen LogP contribution in [0.3, 0.4) is 0 Å². The van der Waals surface area contributed by atoms with Crippen molar-refractivity contribution in [2.24, 2.45) is 0 Å². The van der Waals surface area contributed by atoms with E-state index in [1.54, 1.807) is 0 Å². The predicted octanol–water partition coefficient (Wildman–Crippen LogP) is 2.46. The van der Waals surface area contributed by atoms with E-state index in [2.05, 4.69) is 5.32 Å². The van der Waals surface area contributed by atoms with Crippen LogP contribution >= 0.6 is 11.6 Å². The van der Waals surface area contributed by atoms with E-state index in [0.717, 1.165) is 18.2 Å². The zero-order valence-corrected chi connectivity index (χ0v) is 22.8. The maximum absolute atomic E-state index is 14.3. The third kappa shape index (κ3) is 5.25. The van der Waals surface area contributed by atoms with Crippen LogP contribution in [-0.2, 0) is 12.1 Å². The molecule has 46 heavy (non-hydrogen) atoms. The molecule has 0 saturated heterocycles. The lowest BCUT2D eigenvalue weighted by Crippen LogP contribution is -2.58. The molecule has 0 fully saturated rings. The van der Waals surface area contributed by atoms with Gasteiger partial charge in [0.05, 0.1) is 28.2 Å². The predicted molar refractivity (Wildman–Crippen MR) is 139 cm³/mol. The van der Waals surface area contributed by atoms with Gasteiger partial charge in [0.15, 0.2) is 0 Å². The van der Waals surface area contributed by atoms with E-state index in [9.17, 15) is 70.6 Å². The molecule has 0 aliphatic carbocycles. The number of halogens is 8. The fourth-order valence-corrected chi connectivity index (χ4v) is 5.21. The number of fused-ring (bicyclic) bond motifs is 3. The summed E-state index contributed by atoms with van der Waals surface area (Å²) in [4.78, 5) is 39.6. The molecule has 20 heteroatoms. The van der Waals surface area contributed by atoms with Crippen molar-refractivity contribution in [3.8, 4) is 0 Å². The maximum Gasteiger partial charge on any atom is 0.416 e. The summed E-state index contributed by atoms with van der Waals surface area (Å²) in [7, 11) is 0. The van der Waals surface area contributed by atoms with E-state index in [-0.39, 0.29) is 22.7 Å². The smallest absolute Gasteiger partial charge is 0.342 e. The molecule has 3 aromatic carbocycles.